The summed E-state index contributed by atoms with van der Waals surface area (Å²) in [5.41, 5.74) is 6.63. The minimum atomic E-state index is 0.723. The number of rotatable bonds is 0. The summed E-state index contributed by atoms with van der Waals surface area (Å²) in [6.07, 6.45) is 3.75. The van der Waals surface area contributed by atoms with Gasteiger partial charge in [-0.2, -0.15) is 0 Å². The van der Waals surface area contributed by atoms with E-state index in [0.717, 1.165) is 11.3 Å². The molecular formula is C12H13N3. The number of nitrogens with two attached hydrogens (primary N) is 1. The monoisotopic (exact) mass is 199 g/mol. The molecule has 0 radical (unpaired) electrons. The first-order valence-corrected chi connectivity index (χ1v) is 4.77. The van der Waals surface area contributed by atoms with Crippen molar-refractivity contribution < 1.29 is 0 Å². The molecule has 2 aromatic heterocycles. The van der Waals surface area contributed by atoms with Crippen LogP contribution in [0.1, 0.15) is 0 Å². The van der Waals surface area contributed by atoms with E-state index in [9.17, 15) is 0 Å². The van der Waals surface area contributed by atoms with Crippen LogP contribution < -0.4 is 5.73 Å². The molecule has 0 unspecified atom stereocenters. The van der Waals surface area contributed by atoms with Crippen LogP contribution in [-0.2, 0) is 0 Å². The minimum absolute atomic E-state index is 0.723. The number of hydrogen-bond acceptors (Lipinski definition) is 1. The van der Waals surface area contributed by atoms with Gasteiger partial charge in [0.25, 0.3) is 0 Å². The molecule has 2 heterocycles. The molecule has 3 aromatic rings. The Morgan fingerprint density at radius 3 is 2.27 bits per heavy atom. The molecule has 0 spiro atoms. The molecule has 0 bridgehead atoms. The molecule has 1 aromatic carbocycles. The molecule has 0 aliphatic carbocycles. The molecule has 0 amide bonds. The maximum atomic E-state index is 5.54. The van der Waals surface area contributed by atoms with Crippen LogP contribution in [0.3, 0.4) is 0 Å². The molecule has 15 heavy (non-hydrogen) atoms. The SMILES string of the molecule is Nc1cc2ccccc2[nH]1.c1cc[nH]c1. The van der Waals surface area contributed by atoms with Gasteiger partial charge in [-0.15, -0.1) is 0 Å². The maximum absolute atomic E-state index is 5.54. The Balaban J connectivity index is 0.000000144. The average Bonchev–Trinajstić information content (AvgIpc) is 2.87. The van der Waals surface area contributed by atoms with Gasteiger partial charge in [-0.1, -0.05) is 18.2 Å². The minimum Gasteiger partial charge on any atom is -0.385 e. The van der Waals surface area contributed by atoms with Crippen LogP contribution >= 0.6 is 0 Å². The summed E-state index contributed by atoms with van der Waals surface area (Å²) in [6.45, 7) is 0. The van der Waals surface area contributed by atoms with Crippen molar-refractivity contribution in [3.8, 4) is 0 Å². The zero-order valence-corrected chi connectivity index (χ0v) is 8.27. The lowest BCUT2D eigenvalue weighted by Gasteiger charge is -1.83. The Morgan fingerprint density at radius 2 is 1.67 bits per heavy atom. The van der Waals surface area contributed by atoms with E-state index in [1.807, 2.05) is 54.9 Å². The van der Waals surface area contributed by atoms with E-state index in [1.54, 1.807) is 0 Å². The summed E-state index contributed by atoms with van der Waals surface area (Å²) < 4.78 is 0. The van der Waals surface area contributed by atoms with E-state index in [0.29, 0.717) is 0 Å². The van der Waals surface area contributed by atoms with Gasteiger partial charge in [0.05, 0.1) is 0 Å². The number of aromatic nitrogens is 2. The number of benzene rings is 1. The van der Waals surface area contributed by atoms with Crippen molar-refractivity contribution in [2.75, 3.05) is 5.73 Å². The molecule has 4 N–H and O–H groups in total. The highest BCUT2D eigenvalue weighted by Crippen LogP contribution is 2.14. The first kappa shape index (κ1) is 9.40. The van der Waals surface area contributed by atoms with Gasteiger partial charge in [0.2, 0.25) is 0 Å². The van der Waals surface area contributed by atoms with Crippen molar-refractivity contribution in [3.63, 3.8) is 0 Å². The van der Waals surface area contributed by atoms with E-state index in [1.165, 1.54) is 5.39 Å². The smallest absolute Gasteiger partial charge is 0.101 e. The van der Waals surface area contributed by atoms with E-state index < -0.39 is 0 Å². The second-order valence-electron chi connectivity index (χ2n) is 3.20. The second kappa shape index (κ2) is 4.37. The molecule has 0 atom stereocenters. The molecular weight excluding hydrogens is 186 g/mol. The topological polar surface area (TPSA) is 57.6 Å². The number of para-hydroxylation sites is 1. The number of aromatic amines is 2. The molecule has 0 saturated carbocycles. The predicted molar refractivity (Wildman–Crippen MR) is 63.5 cm³/mol. The van der Waals surface area contributed by atoms with Crippen LogP contribution in [0.15, 0.2) is 54.9 Å². The zero-order chi connectivity index (χ0) is 10.5. The van der Waals surface area contributed by atoms with E-state index in [4.69, 9.17) is 5.73 Å². The molecule has 0 saturated heterocycles. The molecule has 0 aliphatic rings. The van der Waals surface area contributed by atoms with Gasteiger partial charge < -0.3 is 15.7 Å². The van der Waals surface area contributed by atoms with Crippen molar-refractivity contribution in [3.05, 3.63) is 54.9 Å². The Kier molecular flexibility index (Phi) is 2.74. The number of anilines is 1. The van der Waals surface area contributed by atoms with Crippen molar-refractivity contribution in [2.45, 2.75) is 0 Å². The number of H-pyrrole nitrogens is 2. The highest BCUT2D eigenvalue weighted by Gasteiger charge is 1.92. The highest BCUT2D eigenvalue weighted by molar-refractivity contribution is 5.82. The molecule has 3 rings (SSSR count). The number of fused-ring (bicyclic) bond motifs is 1. The van der Waals surface area contributed by atoms with Crippen LogP contribution in [-0.4, -0.2) is 9.97 Å². The molecule has 3 nitrogen and oxygen atoms in total. The van der Waals surface area contributed by atoms with Gasteiger partial charge in [0.15, 0.2) is 0 Å². The molecule has 76 valence electrons. The Morgan fingerprint density at radius 1 is 0.933 bits per heavy atom. The normalized spacial score (nSPS) is 9.60. The highest BCUT2D eigenvalue weighted by atomic mass is 14.8. The fourth-order valence-corrected chi connectivity index (χ4v) is 1.37. The Hall–Kier alpha value is -2.16. The predicted octanol–water partition coefficient (Wildman–Crippen LogP) is 2.76. The van der Waals surface area contributed by atoms with Crippen molar-refractivity contribution in [1.29, 1.82) is 0 Å². The fraction of sp³-hybridized carbons (Fsp3) is 0. The maximum Gasteiger partial charge on any atom is 0.101 e. The first-order valence-electron chi connectivity index (χ1n) is 4.77. The zero-order valence-electron chi connectivity index (χ0n) is 8.27. The summed E-state index contributed by atoms with van der Waals surface area (Å²) in [7, 11) is 0. The van der Waals surface area contributed by atoms with Crippen LogP contribution in [0.5, 0.6) is 0 Å². The van der Waals surface area contributed by atoms with Gasteiger partial charge in [-0.25, -0.2) is 0 Å². The second-order valence-corrected chi connectivity index (χ2v) is 3.20. The molecule has 0 aliphatic heterocycles. The Bertz CT molecular complexity index is 458. The molecule has 0 fully saturated rings. The fourth-order valence-electron chi connectivity index (χ4n) is 1.37. The van der Waals surface area contributed by atoms with Crippen LogP contribution in [0.4, 0.5) is 5.82 Å². The summed E-state index contributed by atoms with van der Waals surface area (Å²) in [6, 6.07) is 13.8. The van der Waals surface area contributed by atoms with Crippen LogP contribution in [0, 0.1) is 0 Å². The van der Waals surface area contributed by atoms with Crippen molar-refractivity contribution >= 4 is 16.7 Å². The molecule has 3 heteroatoms. The van der Waals surface area contributed by atoms with Gasteiger partial charge in [-0.3, -0.25) is 0 Å². The Labute approximate surface area is 87.9 Å². The van der Waals surface area contributed by atoms with E-state index in [-0.39, 0.29) is 0 Å². The summed E-state index contributed by atoms with van der Waals surface area (Å²) >= 11 is 0. The third-order valence-electron chi connectivity index (χ3n) is 2.05. The summed E-state index contributed by atoms with van der Waals surface area (Å²) in [5.74, 6) is 0.723. The van der Waals surface area contributed by atoms with Crippen LogP contribution in [0.25, 0.3) is 10.9 Å². The third-order valence-corrected chi connectivity index (χ3v) is 2.05. The van der Waals surface area contributed by atoms with E-state index >= 15 is 0 Å². The summed E-state index contributed by atoms with van der Waals surface area (Å²) in [4.78, 5) is 5.90. The number of nitrogens with one attached hydrogen (secondary N) is 2. The third kappa shape index (κ3) is 2.40. The lowest BCUT2D eigenvalue weighted by molar-refractivity contribution is 1.42. The van der Waals surface area contributed by atoms with E-state index in [2.05, 4.69) is 9.97 Å². The van der Waals surface area contributed by atoms with Gasteiger partial charge in [0, 0.05) is 23.3 Å². The first-order chi connectivity index (χ1) is 7.36. The van der Waals surface area contributed by atoms with Crippen molar-refractivity contribution in [2.24, 2.45) is 0 Å². The van der Waals surface area contributed by atoms with Gasteiger partial charge >= 0.3 is 0 Å². The van der Waals surface area contributed by atoms with Gasteiger partial charge in [-0.05, 0) is 24.3 Å². The lowest BCUT2D eigenvalue weighted by atomic mass is 10.3. The summed E-state index contributed by atoms with van der Waals surface area (Å²) in [5, 5.41) is 1.17. The lowest BCUT2D eigenvalue weighted by Crippen LogP contribution is -1.80. The van der Waals surface area contributed by atoms with Gasteiger partial charge in [0.1, 0.15) is 5.82 Å². The quantitative estimate of drug-likeness (QED) is 0.512. The largest absolute Gasteiger partial charge is 0.385 e. The number of nitrogen functional groups attached to an aromatic ring is 1. The number of hydrogen-bond donors (Lipinski definition) is 3. The van der Waals surface area contributed by atoms with Crippen LogP contribution in [0.2, 0.25) is 0 Å². The average molecular weight is 199 g/mol. The standard InChI is InChI=1S/C8H8N2.C4H5N/c9-8-5-6-3-1-2-4-7(6)10-8;1-2-4-5-3-1/h1-5,10H,9H2;1-5H. The van der Waals surface area contributed by atoms with Crippen molar-refractivity contribution in [1.82, 2.24) is 9.97 Å².